The topological polar surface area (TPSA) is 24.4 Å². The van der Waals surface area contributed by atoms with E-state index < -0.39 is 0 Å². The number of aliphatic imine (C=N–C) groups is 1. The Bertz CT molecular complexity index is 281. The highest BCUT2D eigenvalue weighted by Gasteiger charge is 2.45. The molecule has 1 fully saturated rings. The molecule has 0 aromatic rings. The van der Waals surface area contributed by atoms with Crippen LogP contribution in [0.25, 0.3) is 0 Å². The van der Waals surface area contributed by atoms with Gasteiger partial charge in [0.15, 0.2) is 5.17 Å². The van der Waals surface area contributed by atoms with Gasteiger partial charge < -0.3 is 5.32 Å². The van der Waals surface area contributed by atoms with Crippen LogP contribution in [0.5, 0.6) is 0 Å². The molecule has 0 spiro atoms. The molecule has 0 saturated heterocycles. The highest BCUT2D eigenvalue weighted by molar-refractivity contribution is 8.13. The van der Waals surface area contributed by atoms with Crippen LogP contribution in [0.3, 0.4) is 0 Å². The molecule has 2 nitrogen and oxygen atoms in total. The van der Waals surface area contributed by atoms with Crippen molar-refractivity contribution in [1.29, 1.82) is 0 Å². The Morgan fingerprint density at radius 3 is 2.53 bits per heavy atom. The van der Waals surface area contributed by atoms with E-state index >= 15 is 0 Å². The molecular formula is C12H22N2S. The van der Waals surface area contributed by atoms with Crippen molar-refractivity contribution in [2.24, 2.45) is 21.7 Å². The average molecular weight is 226 g/mol. The fourth-order valence-electron chi connectivity index (χ4n) is 1.88. The third-order valence-electron chi connectivity index (χ3n) is 3.47. The monoisotopic (exact) mass is 226 g/mol. The van der Waals surface area contributed by atoms with E-state index in [4.69, 9.17) is 0 Å². The Hall–Kier alpha value is -0.180. The first-order valence-corrected chi connectivity index (χ1v) is 6.79. The Labute approximate surface area is 97.3 Å². The Morgan fingerprint density at radius 1 is 1.40 bits per heavy atom. The standard InChI is InChI=1S/C12H22N2S/c1-11(2)7-14-10(15-8-11)13-6-9-5-12(9,3)4/h9H,5-8H2,1-4H3,(H,13,14). The van der Waals surface area contributed by atoms with Gasteiger partial charge in [0.05, 0.1) is 0 Å². The van der Waals surface area contributed by atoms with Gasteiger partial charge in [0.2, 0.25) is 0 Å². The number of thioether (sulfide) groups is 1. The molecule has 1 atom stereocenters. The van der Waals surface area contributed by atoms with E-state index in [1.54, 1.807) is 0 Å². The van der Waals surface area contributed by atoms with Gasteiger partial charge in [-0.3, -0.25) is 4.99 Å². The van der Waals surface area contributed by atoms with E-state index in [9.17, 15) is 0 Å². The van der Waals surface area contributed by atoms with Gasteiger partial charge in [-0.25, -0.2) is 0 Å². The van der Waals surface area contributed by atoms with E-state index in [1.807, 2.05) is 11.8 Å². The molecule has 0 aromatic heterocycles. The van der Waals surface area contributed by atoms with E-state index in [0.717, 1.165) is 24.2 Å². The predicted molar refractivity (Wildman–Crippen MR) is 68.4 cm³/mol. The molecule has 86 valence electrons. The zero-order chi connectivity index (χ0) is 11.1. The highest BCUT2D eigenvalue weighted by atomic mass is 32.2. The molecule has 3 heteroatoms. The molecule has 1 heterocycles. The van der Waals surface area contributed by atoms with Crippen LogP contribution in [0.1, 0.15) is 34.1 Å². The number of nitrogens with zero attached hydrogens (tertiary/aromatic N) is 1. The Morgan fingerprint density at radius 2 is 2.07 bits per heavy atom. The zero-order valence-corrected chi connectivity index (χ0v) is 11.1. The maximum Gasteiger partial charge on any atom is 0.156 e. The van der Waals surface area contributed by atoms with Crippen molar-refractivity contribution >= 4 is 16.9 Å². The number of rotatable bonds is 2. The van der Waals surface area contributed by atoms with Crippen molar-refractivity contribution in [2.45, 2.75) is 34.1 Å². The first-order valence-electron chi connectivity index (χ1n) is 5.80. The smallest absolute Gasteiger partial charge is 0.156 e. The molecule has 1 saturated carbocycles. The number of hydrogen-bond donors (Lipinski definition) is 1. The second kappa shape index (κ2) is 3.69. The molecule has 0 bridgehead atoms. The van der Waals surface area contributed by atoms with Gasteiger partial charge in [-0.05, 0) is 23.2 Å². The maximum atomic E-state index is 4.60. The van der Waals surface area contributed by atoms with Crippen LogP contribution in [0.4, 0.5) is 0 Å². The summed E-state index contributed by atoms with van der Waals surface area (Å²) < 4.78 is 0. The van der Waals surface area contributed by atoms with Crippen LogP contribution in [-0.4, -0.2) is 24.0 Å². The summed E-state index contributed by atoms with van der Waals surface area (Å²) >= 11 is 1.88. The van der Waals surface area contributed by atoms with Gasteiger partial charge in [-0.2, -0.15) is 0 Å². The van der Waals surface area contributed by atoms with Gasteiger partial charge in [-0.1, -0.05) is 39.5 Å². The Balaban J connectivity index is 1.75. The summed E-state index contributed by atoms with van der Waals surface area (Å²) in [6.07, 6.45) is 1.36. The van der Waals surface area contributed by atoms with Crippen LogP contribution >= 0.6 is 11.8 Å². The van der Waals surface area contributed by atoms with Gasteiger partial charge >= 0.3 is 0 Å². The molecule has 0 radical (unpaired) electrons. The van der Waals surface area contributed by atoms with E-state index in [1.165, 1.54) is 12.2 Å². The van der Waals surface area contributed by atoms with Gasteiger partial charge in [0.25, 0.3) is 0 Å². The summed E-state index contributed by atoms with van der Waals surface area (Å²) in [6.45, 7) is 11.3. The molecule has 2 rings (SSSR count). The lowest BCUT2D eigenvalue weighted by atomic mass is 9.97. The molecule has 1 unspecified atom stereocenters. The summed E-state index contributed by atoms with van der Waals surface area (Å²) in [5.74, 6) is 2.04. The third kappa shape index (κ3) is 2.90. The van der Waals surface area contributed by atoms with E-state index in [2.05, 4.69) is 38.0 Å². The lowest BCUT2D eigenvalue weighted by Crippen LogP contribution is -2.32. The van der Waals surface area contributed by atoms with Crippen LogP contribution in [0.15, 0.2) is 4.99 Å². The first-order chi connectivity index (χ1) is 6.89. The van der Waals surface area contributed by atoms with Crippen molar-refractivity contribution in [1.82, 2.24) is 5.32 Å². The summed E-state index contributed by atoms with van der Waals surface area (Å²) in [5.41, 5.74) is 0.959. The largest absolute Gasteiger partial charge is 0.365 e. The number of nitrogens with one attached hydrogen (secondary N) is 1. The number of hydrogen-bond acceptors (Lipinski definition) is 3. The highest BCUT2D eigenvalue weighted by Crippen LogP contribution is 2.51. The van der Waals surface area contributed by atoms with Crippen molar-refractivity contribution in [3.8, 4) is 0 Å². The molecule has 1 aliphatic heterocycles. The molecule has 0 aromatic carbocycles. The quantitative estimate of drug-likeness (QED) is 0.783. The summed E-state index contributed by atoms with van der Waals surface area (Å²) in [4.78, 5) is 4.60. The number of amidine groups is 1. The maximum absolute atomic E-state index is 4.60. The molecule has 1 aliphatic carbocycles. The normalized spacial score (nSPS) is 32.0. The minimum absolute atomic E-state index is 0.384. The zero-order valence-electron chi connectivity index (χ0n) is 10.3. The average Bonchev–Trinajstić information content (AvgIpc) is 2.72. The fraction of sp³-hybridized carbons (Fsp3) is 0.917. The second-order valence-electron chi connectivity index (χ2n) is 6.34. The Kier molecular flexibility index (Phi) is 2.78. The lowest BCUT2D eigenvalue weighted by molar-refractivity contribution is 0.436. The third-order valence-corrected chi connectivity index (χ3v) is 4.94. The van der Waals surface area contributed by atoms with Gasteiger partial charge in [-0.15, -0.1) is 0 Å². The van der Waals surface area contributed by atoms with Crippen molar-refractivity contribution in [3.05, 3.63) is 0 Å². The molecule has 2 aliphatic rings. The minimum atomic E-state index is 0.384. The van der Waals surface area contributed by atoms with Crippen LogP contribution in [-0.2, 0) is 0 Å². The van der Waals surface area contributed by atoms with Crippen molar-refractivity contribution < 1.29 is 0 Å². The van der Waals surface area contributed by atoms with Crippen molar-refractivity contribution in [2.75, 3.05) is 18.8 Å². The van der Waals surface area contributed by atoms with E-state index in [0.29, 0.717) is 10.8 Å². The van der Waals surface area contributed by atoms with E-state index in [-0.39, 0.29) is 0 Å². The lowest BCUT2D eigenvalue weighted by Gasteiger charge is -2.27. The fourth-order valence-corrected chi connectivity index (χ4v) is 2.84. The van der Waals surface area contributed by atoms with Crippen molar-refractivity contribution in [3.63, 3.8) is 0 Å². The van der Waals surface area contributed by atoms with Gasteiger partial charge in [0.1, 0.15) is 0 Å². The first kappa shape index (κ1) is 11.3. The van der Waals surface area contributed by atoms with Crippen LogP contribution in [0.2, 0.25) is 0 Å². The molecule has 0 amide bonds. The summed E-state index contributed by atoms with van der Waals surface area (Å²) in [5, 5.41) is 4.65. The summed E-state index contributed by atoms with van der Waals surface area (Å²) in [7, 11) is 0. The van der Waals surface area contributed by atoms with Crippen LogP contribution < -0.4 is 5.32 Å². The molecule has 15 heavy (non-hydrogen) atoms. The SMILES string of the molecule is CC1(C)CN=C(NCC2CC2(C)C)SC1. The summed E-state index contributed by atoms with van der Waals surface area (Å²) in [6, 6.07) is 0. The predicted octanol–water partition coefficient (Wildman–Crippen LogP) is 2.75. The van der Waals surface area contributed by atoms with Crippen LogP contribution in [0, 0.1) is 16.7 Å². The molecule has 1 N–H and O–H groups in total. The molecular weight excluding hydrogens is 204 g/mol. The second-order valence-corrected chi connectivity index (χ2v) is 7.31. The minimum Gasteiger partial charge on any atom is -0.365 e. The van der Waals surface area contributed by atoms with Gasteiger partial charge in [0, 0.05) is 18.8 Å².